The summed E-state index contributed by atoms with van der Waals surface area (Å²) in [5.41, 5.74) is 2.37. The molecule has 0 spiro atoms. The number of benzene rings is 2. The first-order chi connectivity index (χ1) is 17.1. The number of carbonyl (C=O) groups excluding carboxylic acids is 1. The minimum absolute atomic E-state index is 0.151. The summed E-state index contributed by atoms with van der Waals surface area (Å²) >= 11 is 0. The van der Waals surface area contributed by atoms with E-state index >= 15 is 0 Å². The summed E-state index contributed by atoms with van der Waals surface area (Å²) in [6.07, 6.45) is -3.32. The van der Waals surface area contributed by atoms with Crippen LogP contribution in [0.25, 0.3) is 11.4 Å². The van der Waals surface area contributed by atoms with Gasteiger partial charge in [-0.25, -0.2) is 9.97 Å². The van der Waals surface area contributed by atoms with Crippen molar-refractivity contribution in [3.05, 3.63) is 77.0 Å². The summed E-state index contributed by atoms with van der Waals surface area (Å²) in [4.78, 5) is 26.0. The third kappa shape index (κ3) is 6.04. The van der Waals surface area contributed by atoms with Crippen molar-refractivity contribution in [3.8, 4) is 11.4 Å². The predicted octanol–water partition coefficient (Wildman–Crippen LogP) is 5.76. The van der Waals surface area contributed by atoms with E-state index in [9.17, 15) is 18.0 Å². The minimum Gasteiger partial charge on any atom is -0.353 e. The fourth-order valence-electron chi connectivity index (χ4n) is 4.46. The van der Waals surface area contributed by atoms with E-state index in [-0.39, 0.29) is 11.7 Å². The van der Waals surface area contributed by atoms with Crippen molar-refractivity contribution in [2.75, 3.05) is 31.1 Å². The number of hydrogen-bond donors (Lipinski definition) is 0. The van der Waals surface area contributed by atoms with Gasteiger partial charge < -0.3 is 9.80 Å². The van der Waals surface area contributed by atoms with Crippen LogP contribution in [0.4, 0.5) is 19.0 Å². The summed E-state index contributed by atoms with van der Waals surface area (Å²) in [6, 6.07) is 15.1. The Morgan fingerprint density at radius 1 is 0.972 bits per heavy atom. The molecule has 1 aliphatic heterocycles. The molecule has 0 radical (unpaired) electrons. The van der Waals surface area contributed by atoms with Crippen LogP contribution in [0.2, 0.25) is 0 Å². The van der Waals surface area contributed by atoms with E-state index in [2.05, 4.69) is 9.88 Å². The largest absolute Gasteiger partial charge is 0.416 e. The van der Waals surface area contributed by atoms with Gasteiger partial charge in [0.25, 0.3) is 0 Å². The third-order valence-electron chi connectivity index (χ3n) is 6.38. The summed E-state index contributed by atoms with van der Waals surface area (Å²) in [5, 5.41) is 0. The Kier molecular flexibility index (Phi) is 7.62. The van der Waals surface area contributed by atoms with E-state index in [1.54, 1.807) is 6.07 Å². The normalized spacial score (nSPS) is 14.4. The van der Waals surface area contributed by atoms with Gasteiger partial charge in [0.05, 0.1) is 5.56 Å². The maximum atomic E-state index is 13.3. The van der Waals surface area contributed by atoms with Crippen LogP contribution >= 0.6 is 0 Å². The first-order valence-corrected chi connectivity index (χ1v) is 12.2. The number of aromatic nitrogens is 2. The molecule has 190 valence electrons. The Balaban J connectivity index is 1.69. The van der Waals surface area contributed by atoms with Crippen molar-refractivity contribution in [3.63, 3.8) is 0 Å². The lowest BCUT2D eigenvalue weighted by molar-refractivity contribution is -0.137. The Bertz CT molecular complexity index is 1200. The Labute approximate surface area is 210 Å². The number of rotatable bonds is 6. The first kappa shape index (κ1) is 25.7. The van der Waals surface area contributed by atoms with Crippen LogP contribution in [0.1, 0.15) is 42.7 Å². The summed E-state index contributed by atoms with van der Waals surface area (Å²) in [7, 11) is 0. The molecule has 0 aliphatic carbocycles. The van der Waals surface area contributed by atoms with Crippen LogP contribution in [0.3, 0.4) is 0 Å². The fraction of sp³-hybridized carbons (Fsp3) is 0.393. The van der Waals surface area contributed by atoms with E-state index in [4.69, 9.17) is 4.98 Å². The molecule has 2 heterocycles. The molecule has 0 bridgehead atoms. The Morgan fingerprint density at radius 2 is 1.67 bits per heavy atom. The SMILES string of the molecule is Cc1nc(-c2cccc(C(F)(F)F)c2)nc(N2CCN(C(=O)CC(C)C)CC2)c1Cc1ccccc1. The number of hydrogen-bond acceptors (Lipinski definition) is 4. The zero-order chi connectivity index (χ0) is 25.9. The molecular formula is C28H31F3N4O. The molecule has 8 heteroatoms. The van der Waals surface area contributed by atoms with Gasteiger partial charge in [-0.1, -0.05) is 56.3 Å². The fourth-order valence-corrected chi connectivity index (χ4v) is 4.46. The molecule has 0 atom stereocenters. The average Bonchev–Trinajstić information content (AvgIpc) is 2.85. The van der Waals surface area contributed by atoms with Crippen molar-refractivity contribution in [1.29, 1.82) is 0 Å². The first-order valence-electron chi connectivity index (χ1n) is 12.2. The molecule has 5 nitrogen and oxygen atoms in total. The van der Waals surface area contributed by atoms with Crippen molar-refractivity contribution >= 4 is 11.7 Å². The zero-order valence-electron chi connectivity index (χ0n) is 20.8. The monoisotopic (exact) mass is 496 g/mol. The number of aryl methyl sites for hydroxylation is 1. The van der Waals surface area contributed by atoms with Crippen LogP contribution in [-0.4, -0.2) is 47.0 Å². The van der Waals surface area contributed by atoms with Gasteiger partial charge in [0, 0.05) is 55.8 Å². The number of nitrogens with zero attached hydrogens (tertiary/aromatic N) is 4. The molecule has 0 N–H and O–H groups in total. The number of anilines is 1. The number of carbonyl (C=O) groups is 1. The molecular weight excluding hydrogens is 465 g/mol. The lowest BCUT2D eigenvalue weighted by Crippen LogP contribution is -2.49. The van der Waals surface area contributed by atoms with Gasteiger partial charge in [-0.2, -0.15) is 13.2 Å². The second-order valence-corrected chi connectivity index (χ2v) is 9.64. The summed E-state index contributed by atoms with van der Waals surface area (Å²) in [5.74, 6) is 1.43. The predicted molar refractivity (Wildman–Crippen MR) is 135 cm³/mol. The molecule has 2 aromatic carbocycles. The molecule has 1 aliphatic rings. The minimum atomic E-state index is -4.44. The van der Waals surface area contributed by atoms with Crippen LogP contribution in [0, 0.1) is 12.8 Å². The maximum Gasteiger partial charge on any atom is 0.416 e. The number of piperazine rings is 1. The van der Waals surface area contributed by atoms with Gasteiger partial charge in [-0.3, -0.25) is 4.79 Å². The van der Waals surface area contributed by atoms with Crippen LogP contribution in [0.15, 0.2) is 54.6 Å². The molecule has 1 fully saturated rings. The van der Waals surface area contributed by atoms with Crippen molar-refractivity contribution in [1.82, 2.24) is 14.9 Å². The van der Waals surface area contributed by atoms with Gasteiger partial charge in [0.15, 0.2) is 5.82 Å². The average molecular weight is 497 g/mol. The quantitative estimate of drug-likeness (QED) is 0.436. The lowest BCUT2D eigenvalue weighted by atomic mass is 10.0. The highest BCUT2D eigenvalue weighted by Crippen LogP contribution is 2.33. The van der Waals surface area contributed by atoms with Crippen LogP contribution in [-0.2, 0) is 17.4 Å². The lowest BCUT2D eigenvalue weighted by Gasteiger charge is -2.37. The molecule has 0 unspecified atom stereocenters. The van der Waals surface area contributed by atoms with E-state index in [1.165, 1.54) is 6.07 Å². The molecule has 4 rings (SSSR count). The molecule has 3 aromatic rings. The Morgan fingerprint density at radius 3 is 2.31 bits per heavy atom. The van der Waals surface area contributed by atoms with Gasteiger partial charge in [-0.05, 0) is 30.5 Å². The van der Waals surface area contributed by atoms with Gasteiger partial charge in [-0.15, -0.1) is 0 Å². The molecule has 1 amide bonds. The standard InChI is InChI=1S/C28H31F3N4O/c1-19(2)16-25(36)34-12-14-35(15-13-34)27-24(17-21-8-5-4-6-9-21)20(3)32-26(33-27)22-10-7-11-23(18-22)28(29,30)31/h4-11,18-19H,12-17H2,1-3H3. The van der Waals surface area contributed by atoms with E-state index < -0.39 is 11.7 Å². The number of alkyl halides is 3. The number of halogens is 3. The highest BCUT2D eigenvalue weighted by molar-refractivity contribution is 5.76. The molecule has 1 aromatic heterocycles. The topological polar surface area (TPSA) is 49.3 Å². The zero-order valence-corrected chi connectivity index (χ0v) is 20.8. The van der Waals surface area contributed by atoms with E-state index in [1.807, 2.05) is 56.0 Å². The third-order valence-corrected chi connectivity index (χ3v) is 6.38. The Hall–Kier alpha value is -3.42. The van der Waals surface area contributed by atoms with Gasteiger partial charge in [0.2, 0.25) is 5.91 Å². The van der Waals surface area contributed by atoms with Crippen molar-refractivity contribution < 1.29 is 18.0 Å². The maximum absolute atomic E-state index is 13.3. The molecule has 36 heavy (non-hydrogen) atoms. The second kappa shape index (κ2) is 10.7. The van der Waals surface area contributed by atoms with E-state index in [0.29, 0.717) is 50.5 Å². The van der Waals surface area contributed by atoms with Gasteiger partial charge >= 0.3 is 6.18 Å². The summed E-state index contributed by atoms with van der Waals surface area (Å²) in [6.45, 7) is 8.31. The van der Waals surface area contributed by atoms with Crippen molar-refractivity contribution in [2.45, 2.75) is 39.8 Å². The van der Waals surface area contributed by atoms with Crippen molar-refractivity contribution in [2.24, 2.45) is 5.92 Å². The van der Waals surface area contributed by atoms with Crippen LogP contribution in [0.5, 0.6) is 0 Å². The number of amides is 1. The van der Waals surface area contributed by atoms with Crippen LogP contribution < -0.4 is 4.90 Å². The molecule has 1 saturated heterocycles. The van der Waals surface area contributed by atoms with Gasteiger partial charge in [0.1, 0.15) is 5.82 Å². The molecule has 0 saturated carbocycles. The van der Waals surface area contributed by atoms with E-state index in [0.717, 1.165) is 34.8 Å². The smallest absolute Gasteiger partial charge is 0.353 e. The summed E-state index contributed by atoms with van der Waals surface area (Å²) < 4.78 is 40.0. The highest BCUT2D eigenvalue weighted by atomic mass is 19.4. The second-order valence-electron chi connectivity index (χ2n) is 9.64. The highest BCUT2D eigenvalue weighted by Gasteiger charge is 2.31.